The molecule has 0 fully saturated rings. The maximum Gasteiger partial charge on any atom is 0.338 e. The molecule has 1 aliphatic heterocycles. The Bertz CT molecular complexity index is 1910. The van der Waals surface area contributed by atoms with Gasteiger partial charge in [-0.1, -0.05) is 5.21 Å². The standard InChI is InChI=1S/C37H46N4O17/c38-1-3-51-5-7-53-9-11-55-12-10-54-8-6-52-4-2-41-19-23(39-40-41)20-56-35-31-25(43)17-24(42)18-30(31)57-34(21-13-26(44)32(48)27(45)14-21)36(35)58-37(50)22-15-28(46)33(49)29(47)16-22/h13-19,34-36,42-49H,1-12,20,38H2. The first kappa shape index (κ1) is 43.3. The third-order valence-electron chi connectivity index (χ3n) is 8.42. The van der Waals surface area contributed by atoms with Gasteiger partial charge in [0.15, 0.2) is 46.7 Å². The fourth-order valence-electron chi connectivity index (χ4n) is 5.68. The van der Waals surface area contributed by atoms with E-state index in [1.54, 1.807) is 6.20 Å². The number of hydrogen-bond acceptors (Lipinski definition) is 20. The van der Waals surface area contributed by atoms with E-state index in [1.165, 1.54) is 4.68 Å². The van der Waals surface area contributed by atoms with Crippen molar-refractivity contribution in [1.29, 1.82) is 0 Å². The zero-order chi connectivity index (χ0) is 41.6. The van der Waals surface area contributed by atoms with Gasteiger partial charge in [-0.05, 0) is 24.3 Å². The van der Waals surface area contributed by atoms with Crippen LogP contribution in [0.4, 0.5) is 0 Å². The van der Waals surface area contributed by atoms with E-state index in [0.29, 0.717) is 78.2 Å². The highest BCUT2D eigenvalue weighted by molar-refractivity contribution is 5.91. The molecule has 0 aliphatic carbocycles. The number of hydrogen-bond donors (Lipinski definition) is 9. The number of carbonyl (C=O) groups is 1. The first-order valence-corrected chi connectivity index (χ1v) is 18.0. The average molecular weight is 819 g/mol. The predicted molar refractivity (Wildman–Crippen MR) is 196 cm³/mol. The Morgan fingerprint density at radius 1 is 0.690 bits per heavy atom. The number of aromatic nitrogens is 3. The molecular weight excluding hydrogens is 772 g/mol. The molecule has 1 aromatic heterocycles. The summed E-state index contributed by atoms with van der Waals surface area (Å²) < 4.78 is 46.7. The van der Waals surface area contributed by atoms with E-state index in [1.807, 2.05) is 0 Å². The SMILES string of the molecule is NCCOCCOCCOCCOCCOCCn1cc(COC2c3c(O)cc(O)cc3OC(c3cc(O)c(O)c(O)c3)C2OC(=O)c2cc(O)c(O)c(O)c2)nn1. The van der Waals surface area contributed by atoms with Gasteiger partial charge in [0, 0.05) is 24.2 Å². The van der Waals surface area contributed by atoms with E-state index in [9.17, 15) is 45.6 Å². The van der Waals surface area contributed by atoms with Crippen molar-refractivity contribution < 1.29 is 83.5 Å². The number of esters is 1. The zero-order valence-corrected chi connectivity index (χ0v) is 31.1. The molecule has 3 atom stereocenters. The molecule has 0 spiro atoms. The van der Waals surface area contributed by atoms with Crippen molar-refractivity contribution in [1.82, 2.24) is 15.0 Å². The van der Waals surface area contributed by atoms with Crippen LogP contribution in [0.15, 0.2) is 42.6 Å². The Hall–Kier alpha value is -5.81. The number of benzene rings is 3. The summed E-state index contributed by atoms with van der Waals surface area (Å²) in [5.41, 5.74) is 5.12. The molecule has 58 heavy (non-hydrogen) atoms. The number of nitrogens with two attached hydrogens (primary N) is 1. The van der Waals surface area contributed by atoms with E-state index in [-0.39, 0.29) is 30.1 Å². The van der Waals surface area contributed by atoms with Crippen molar-refractivity contribution in [2.24, 2.45) is 5.73 Å². The van der Waals surface area contributed by atoms with Gasteiger partial charge >= 0.3 is 5.97 Å². The van der Waals surface area contributed by atoms with Crippen molar-refractivity contribution in [3.63, 3.8) is 0 Å². The smallest absolute Gasteiger partial charge is 0.338 e. The third kappa shape index (κ3) is 11.6. The molecule has 0 radical (unpaired) electrons. The van der Waals surface area contributed by atoms with Crippen molar-refractivity contribution >= 4 is 5.97 Å². The summed E-state index contributed by atoms with van der Waals surface area (Å²) in [5.74, 6) is -7.10. The number of rotatable bonds is 23. The normalized spacial score (nSPS) is 16.2. The molecule has 2 heterocycles. The Morgan fingerprint density at radius 3 is 1.79 bits per heavy atom. The molecule has 1 aliphatic rings. The molecule has 0 saturated carbocycles. The molecular formula is C37H46N4O17. The number of nitrogens with zero attached hydrogens (tertiary/aromatic N) is 3. The maximum atomic E-state index is 13.5. The summed E-state index contributed by atoms with van der Waals surface area (Å²) in [5, 5.41) is 90.0. The molecule has 5 rings (SSSR count). The Kier molecular flexibility index (Phi) is 15.8. The first-order chi connectivity index (χ1) is 28.0. The molecule has 21 heteroatoms. The second kappa shape index (κ2) is 21.1. The molecule has 4 aromatic rings. The summed E-state index contributed by atoms with van der Waals surface area (Å²) in [4.78, 5) is 13.5. The van der Waals surface area contributed by atoms with Gasteiger partial charge in [-0.3, -0.25) is 0 Å². The molecule has 316 valence electrons. The van der Waals surface area contributed by atoms with Gasteiger partial charge in [0.25, 0.3) is 0 Å². The Labute approximate surface area is 330 Å². The van der Waals surface area contributed by atoms with Gasteiger partial charge < -0.3 is 84.5 Å². The topological polar surface area (TPSA) is 309 Å². The quantitative estimate of drug-likeness (QED) is 0.0291. The highest BCUT2D eigenvalue weighted by Gasteiger charge is 2.45. The molecule has 0 saturated heterocycles. The Balaban J connectivity index is 1.20. The van der Waals surface area contributed by atoms with Crippen LogP contribution in [0, 0.1) is 0 Å². The van der Waals surface area contributed by atoms with E-state index in [0.717, 1.165) is 36.4 Å². The third-order valence-corrected chi connectivity index (χ3v) is 8.42. The summed E-state index contributed by atoms with van der Waals surface area (Å²) in [6.45, 7) is 4.56. The molecule has 3 aromatic carbocycles. The fourth-order valence-corrected chi connectivity index (χ4v) is 5.68. The zero-order valence-electron chi connectivity index (χ0n) is 31.1. The lowest BCUT2D eigenvalue weighted by molar-refractivity contribution is -0.116. The monoisotopic (exact) mass is 818 g/mol. The number of phenols is 8. The average Bonchev–Trinajstić information content (AvgIpc) is 3.65. The highest BCUT2D eigenvalue weighted by atomic mass is 16.6. The minimum atomic E-state index is -1.58. The van der Waals surface area contributed by atoms with Crippen molar-refractivity contribution in [3.8, 4) is 51.7 Å². The van der Waals surface area contributed by atoms with Crippen molar-refractivity contribution in [2.75, 3.05) is 72.6 Å². The van der Waals surface area contributed by atoms with Crippen LogP contribution in [0.1, 0.15) is 39.4 Å². The van der Waals surface area contributed by atoms with Crippen LogP contribution in [-0.2, 0) is 46.3 Å². The van der Waals surface area contributed by atoms with Gasteiger partial charge in [-0.15, -0.1) is 5.10 Å². The van der Waals surface area contributed by atoms with Crippen LogP contribution in [0.5, 0.6) is 51.7 Å². The van der Waals surface area contributed by atoms with E-state index >= 15 is 0 Å². The lowest BCUT2D eigenvalue weighted by Crippen LogP contribution is -2.39. The molecule has 3 unspecified atom stereocenters. The first-order valence-electron chi connectivity index (χ1n) is 18.0. The van der Waals surface area contributed by atoms with Gasteiger partial charge in [-0.2, -0.15) is 0 Å². The number of carbonyl (C=O) groups excluding carboxylic acids is 1. The van der Waals surface area contributed by atoms with Crippen LogP contribution in [0.3, 0.4) is 0 Å². The second-order valence-electron chi connectivity index (χ2n) is 12.6. The summed E-state index contributed by atoms with van der Waals surface area (Å²) in [7, 11) is 0. The van der Waals surface area contributed by atoms with Crippen LogP contribution in [0.2, 0.25) is 0 Å². The van der Waals surface area contributed by atoms with E-state index in [4.69, 9.17) is 43.6 Å². The highest BCUT2D eigenvalue weighted by Crippen LogP contribution is 2.51. The van der Waals surface area contributed by atoms with Gasteiger partial charge in [0.2, 0.25) is 0 Å². The number of aromatic hydroxyl groups is 8. The van der Waals surface area contributed by atoms with Gasteiger partial charge in [-0.25, -0.2) is 9.48 Å². The van der Waals surface area contributed by atoms with E-state index in [2.05, 4.69) is 10.3 Å². The number of fused-ring (bicyclic) bond motifs is 1. The predicted octanol–water partition coefficient (Wildman–Crippen LogP) is 1.58. The van der Waals surface area contributed by atoms with Crippen LogP contribution in [-0.4, -0.2) is 141 Å². The van der Waals surface area contributed by atoms with Crippen molar-refractivity contribution in [2.45, 2.75) is 31.5 Å². The van der Waals surface area contributed by atoms with Crippen LogP contribution < -0.4 is 10.5 Å². The number of phenolic OH excluding ortho intramolecular Hbond substituents is 8. The minimum absolute atomic E-state index is 0.0454. The Morgan fingerprint density at radius 2 is 1.22 bits per heavy atom. The lowest BCUT2D eigenvalue weighted by Gasteiger charge is -2.39. The summed E-state index contributed by atoms with van der Waals surface area (Å²) in [6, 6.07) is 5.88. The fraction of sp³-hybridized carbons (Fsp3) is 0.432. The van der Waals surface area contributed by atoms with E-state index < -0.39 is 75.8 Å². The molecule has 0 amide bonds. The second-order valence-corrected chi connectivity index (χ2v) is 12.6. The molecule has 21 nitrogen and oxygen atoms in total. The minimum Gasteiger partial charge on any atom is -0.508 e. The lowest BCUT2D eigenvalue weighted by atomic mass is 9.90. The summed E-state index contributed by atoms with van der Waals surface area (Å²) >= 11 is 0. The van der Waals surface area contributed by atoms with Gasteiger partial charge in [0.05, 0.1) is 96.5 Å². The van der Waals surface area contributed by atoms with Gasteiger partial charge in [0.1, 0.15) is 29.0 Å². The molecule has 10 N–H and O–H groups in total. The maximum absolute atomic E-state index is 13.5. The largest absolute Gasteiger partial charge is 0.508 e. The van der Waals surface area contributed by atoms with Crippen LogP contribution >= 0.6 is 0 Å². The van der Waals surface area contributed by atoms with Crippen molar-refractivity contribution in [3.05, 3.63) is 65.0 Å². The molecule has 0 bridgehead atoms. The summed E-state index contributed by atoms with van der Waals surface area (Å²) in [6.07, 6.45) is -2.89. The number of ether oxygens (including phenoxy) is 8. The van der Waals surface area contributed by atoms with Crippen LogP contribution in [0.25, 0.3) is 0 Å².